The molecule has 1 amide bonds. The topological polar surface area (TPSA) is 86.1 Å². The molecule has 7 nitrogen and oxygen atoms in total. The second-order valence-electron chi connectivity index (χ2n) is 7.66. The SMILES string of the molecule is COC(=O)c1c(NC(=O)CSc2nnc(-c3ccc(C)cc3)n2C)sc(C)c1-c1ccccc1. The van der Waals surface area contributed by atoms with E-state index in [1.807, 2.05) is 80.1 Å². The maximum atomic E-state index is 12.8. The van der Waals surface area contributed by atoms with E-state index in [1.165, 1.54) is 35.8 Å². The van der Waals surface area contributed by atoms with Crippen molar-refractivity contribution in [3.63, 3.8) is 0 Å². The van der Waals surface area contributed by atoms with E-state index in [2.05, 4.69) is 15.5 Å². The molecule has 2 heterocycles. The third kappa shape index (κ3) is 4.90. The first-order chi connectivity index (χ1) is 16.4. The van der Waals surface area contributed by atoms with E-state index in [-0.39, 0.29) is 11.7 Å². The van der Waals surface area contributed by atoms with E-state index in [0.717, 1.165) is 27.4 Å². The van der Waals surface area contributed by atoms with Crippen molar-refractivity contribution in [2.24, 2.45) is 7.05 Å². The van der Waals surface area contributed by atoms with Gasteiger partial charge in [0.25, 0.3) is 0 Å². The fourth-order valence-corrected chi connectivity index (χ4v) is 5.36. The van der Waals surface area contributed by atoms with Gasteiger partial charge in [-0.2, -0.15) is 0 Å². The number of ether oxygens (including phenoxy) is 1. The second-order valence-corrected chi connectivity index (χ2v) is 9.83. The standard InChI is InChI=1S/C25H24N4O3S2/c1-15-10-12-18(13-11-15)22-27-28-25(29(22)3)33-14-19(30)26-23-21(24(31)32-4)20(16(2)34-23)17-8-6-5-7-9-17/h5-13H,14H2,1-4H3,(H,26,30). The van der Waals surface area contributed by atoms with E-state index in [9.17, 15) is 9.59 Å². The Hall–Kier alpha value is -3.43. The molecule has 0 saturated carbocycles. The number of thioether (sulfide) groups is 1. The summed E-state index contributed by atoms with van der Waals surface area (Å²) in [6.45, 7) is 3.96. The average molecular weight is 493 g/mol. The van der Waals surface area contributed by atoms with Gasteiger partial charge >= 0.3 is 5.97 Å². The lowest BCUT2D eigenvalue weighted by Gasteiger charge is -2.08. The predicted molar refractivity (Wildman–Crippen MR) is 136 cm³/mol. The van der Waals surface area contributed by atoms with Crippen molar-refractivity contribution in [2.45, 2.75) is 19.0 Å². The lowest BCUT2D eigenvalue weighted by Crippen LogP contribution is -2.16. The van der Waals surface area contributed by atoms with Gasteiger partial charge in [0.2, 0.25) is 5.91 Å². The number of rotatable bonds is 7. The summed E-state index contributed by atoms with van der Waals surface area (Å²) < 4.78 is 6.89. The Bertz CT molecular complexity index is 1330. The number of carbonyl (C=O) groups is 2. The summed E-state index contributed by atoms with van der Waals surface area (Å²) in [5.41, 5.74) is 4.17. The van der Waals surface area contributed by atoms with Gasteiger partial charge in [-0.05, 0) is 19.4 Å². The van der Waals surface area contributed by atoms with Crippen molar-refractivity contribution >= 4 is 40.0 Å². The molecular formula is C25H24N4O3S2. The molecule has 0 spiro atoms. The molecule has 2 aromatic heterocycles. The van der Waals surface area contributed by atoms with Gasteiger partial charge in [0, 0.05) is 23.1 Å². The highest BCUT2D eigenvalue weighted by Crippen LogP contribution is 2.40. The van der Waals surface area contributed by atoms with Gasteiger partial charge in [-0.25, -0.2) is 4.79 Å². The van der Waals surface area contributed by atoms with Gasteiger partial charge in [-0.15, -0.1) is 21.5 Å². The van der Waals surface area contributed by atoms with Crippen LogP contribution in [0.2, 0.25) is 0 Å². The summed E-state index contributed by atoms with van der Waals surface area (Å²) in [5, 5.41) is 12.5. The molecule has 0 unspecified atom stereocenters. The minimum absolute atomic E-state index is 0.123. The normalized spacial score (nSPS) is 10.8. The molecule has 4 aromatic rings. The molecule has 34 heavy (non-hydrogen) atoms. The Morgan fingerprint density at radius 1 is 1.03 bits per heavy atom. The number of aryl methyl sites for hydroxylation is 2. The molecule has 0 bridgehead atoms. The van der Waals surface area contributed by atoms with Crippen molar-refractivity contribution in [3.05, 3.63) is 70.6 Å². The number of thiophene rings is 1. The van der Waals surface area contributed by atoms with Crippen LogP contribution in [-0.2, 0) is 16.6 Å². The van der Waals surface area contributed by atoms with Crippen LogP contribution in [0.3, 0.4) is 0 Å². The Balaban J connectivity index is 1.51. The van der Waals surface area contributed by atoms with Crippen molar-refractivity contribution in [3.8, 4) is 22.5 Å². The monoisotopic (exact) mass is 492 g/mol. The molecule has 0 aliphatic rings. The molecule has 0 saturated heterocycles. The van der Waals surface area contributed by atoms with Crippen LogP contribution < -0.4 is 5.32 Å². The maximum absolute atomic E-state index is 12.8. The van der Waals surface area contributed by atoms with Crippen LogP contribution >= 0.6 is 23.1 Å². The van der Waals surface area contributed by atoms with Gasteiger partial charge in [-0.1, -0.05) is 71.9 Å². The lowest BCUT2D eigenvalue weighted by atomic mass is 10.0. The molecule has 0 fully saturated rings. The Kier molecular flexibility index (Phi) is 7.14. The highest BCUT2D eigenvalue weighted by atomic mass is 32.2. The zero-order valence-electron chi connectivity index (χ0n) is 19.3. The zero-order chi connectivity index (χ0) is 24.2. The minimum atomic E-state index is -0.484. The maximum Gasteiger partial charge on any atom is 0.341 e. The number of anilines is 1. The summed E-state index contributed by atoms with van der Waals surface area (Å²) in [6.07, 6.45) is 0. The molecule has 0 aliphatic heterocycles. The molecule has 1 N–H and O–H groups in total. The van der Waals surface area contributed by atoms with Gasteiger partial charge in [0.15, 0.2) is 11.0 Å². The fourth-order valence-electron chi connectivity index (χ4n) is 3.57. The number of esters is 1. The number of methoxy groups -OCH3 is 1. The van der Waals surface area contributed by atoms with Crippen LogP contribution in [0.15, 0.2) is 59.8 Å². The number of amides is 1. The number of nitrogens with zero attached hydrogens (tertiary/aromatic N) is 3. The highest BCUT2D eigenvalue weighted by Gasteiger charge is 2.25. The molecule has 4 rings (SSSR count). The van der Waals surface area contributed by atoms with E-state index in [0.29, 0.717) is 15.7 Å². The van der Waals surface area contributed by atoms with E-state index >= 15 is 0 Å². The molecule has 174 valence electrons. The molecule has 2 aromatic carbocycles. The second kappa shape index (κ2) is 10.2. The van der Waals surface area contributed by atoms with Crippen molar-refractivity contribution in [1.29, 1.82) is 0 Å². The Morgan fingerprint density at radius 3 is 2.41 bits per heavy atom. The van der Waals surface area contributed by atoms with Crippen molar-refractivity contribution in [2.75, 3.05) is 18.2 Å². The fraction of sp³-hybridized carbons (Fsp3) is 0.200. The first kappa shape index (κ1) is 23.7. The molecular weight excluding hydrogens is 468 g/mol. The van der Waals surface area contributed by atoms with Crippen LogP contribution in [-0.4, -0.2) is 39.5 Å². The first-order valence-corrected chi connectivity index (χ1v) is 12.4. The van der Waals surface area contributed by atoms with Crippen LogP contribution in [0, 0.1) is 13.8 Å². The van der Waals surface area contributed by atoms with Gasteiger partial charge in [0.05, 0.1) is 12.9 Å². The summed E-state index contributed by atoms with van der Waals surface area (Å²) in [5.74, 6) is 0.133. The summed E-state index contributed by atoms with van der Waals surface area (Å²) in [6, 6.07) is 17.6. The summed E-state index contributed by atoms with van der Waals surface area (Å²) in [7, 11) is 3.21. The Morgan fingerprint density at radius 2 is 1.74 bits per heavy atom. The molecule has 0 atom stereocenters. The molecule has 0 radical (unpaired) electrons. The number of hydrogen-bond donors (Lipinski definition) is 1. The van der Waals surface area contributed by atoms with Crippen LogP contribution in [0.25, 0.3) is 22.5 Å². The number of aromatic nitrogens is 3. The number of nitrogens with one attached hydrogen (secondary N) is 1. The minimum Gasteiger partial charge on any atom is -0.465 e. The van der Waals surface area contributed by atoms with Crippen LogP contribution in [0.5, 0.6) is 0 Å². The Labute approximate surface area is 206 Å². The smallest absolute Gasteiger partial charge is 0.341 e. The average Bonchev–Trinajstić information content (AvgIpc) is 3.37. The number of benzene rings is 2. The van der Waals surface area contributed by atoms with Gasteiger partial charge in [-0.3, -0.25) is 4.79 Å². The van der Waals surface area contributed by atoms with E-state index in [4.69, 9.17) is 4.74 Å². The van der Waals surface area contributed by atoms with Crippen LogP contribution in [0.1, 0.15) is 20.8 Å². The summed E-state index contributed by atoms with van der Waals surface area (Å²) >= 11 is 2.65. The predicted octanol–water partition coefficient (Wildman–Crippen LogP) is 5.34. The largest absolute Gasteiger partial charge is 0.465 e. The molecule has 0 aliphatic carbocycles. The third-order valence-corrected chi connectivity index (χ3v) is 7.31. The number of hydrogen-bond acceptors (Lipinski definition) is 7. The van der Waals surface area contributed by atoms with Gasteiger partial charge < -0.3 is 14.6 Å². The third-order valence-electron chi connectivity index (χ3n) is 5.27. The van der Waals surface area contributed by atoms with Gasteiger partial charge in [0.1, 0.15) is 10.6 Å². The van der Waals surface area contributed by atoms with E-state index < -0.39 is 5.97 Å². The summed E-state index contributed by atoms with van der Waals surface area (Å²) in [4.78, 5) is 26.3. The van der Waals surface area contributed by atoms with Crippen molar-refractivity contribution in [1.82, 2.24) is 14.8 Å². The lowest BCUT2D eigenvalue weighted by molar-refractivity contribution is -0.113. The van der Waals surface area contributed by atoms with Crippen molar-refractivity contribution < 1.29 is 14.3 Å². The van der Waals surface area contributed by atoms with Crippen LogP contribution in [0.4, 0.5) is 5.00 Å². The first-order valence-electron chi connectivity index (χ1n) is 10.5. The van der Waals surface area contributed by atoms with E-state index in [1.54, 1.807) is 0 Å². The highest BCUT2D eigenvalue weighted by molar-refractivity contribution is 7.99. The molecule has 9 heteroatoms. The zero-order valence-corrected chi connectivity index (χ0v) is 20.9. The quantitative estimate of drug-likeness (QED) is 0.277. The number of carbonyl (C=O) groups excluding carboxylic acids is 2.